The van der Waals surface area contributed by atoms with Gasteiger partial charge >= 0.3 is 0 Å². The Morgan fingerprint density at radius 1 is 1.69 bits per heavy atom. The molecule has 13 heavy (non-hydrogen) atoms. The number of aromatic amines is 1. The van der Waals surface area contributed by atoms with Crippen molar-refractivity contribution in [1.29, 1.82) is 0 Å². The van der Waals surface area contributed by atoms with Crippen molar-refractivity contribution in [2.24, 2.45) is 5.92 Å². The van der Waals surface area contributed by atoms with Gasteiger partial charge in [0.1, 0.15) is 0 Å². The second-order valence-corrected chi connectivity index (χ2v) is 6.69. The van der Waals surface area contributed by atoms with Crippen molar-refractivity contribution in [3.63, 3.8) is 0 Å². The Morgan fingerprint density at radius 2 is 2.38 bits per heavy atom. The Balaban J connectivity index is 2.22. The zero-order chi connectivity index (χ0) is 9.47. The number of rotatable bonds is 3. The van der Waals surface area contributed by atoms with Crippen molar-refractivity contribution < 1.29 is 0 Å². The first-order chi connectivity index (χ1) is 6.14. The van der Waals surface area contributed by atoms with Crippen LogP contribution in [-0.2, 0) is 3.42 Å². The molecule has 1 unspecified atom stereocenters. The van der Waals surface area contributed by atoms with Crippen molar-refractivity contribution in [3.05, 3.63) is 11.9 Å². The third-order valence-electron chi connectivity index (χ3n) is 2.62. The van der Waals surface area contributed by atoms with E-state index in [4.69, 9.17) is 0 Å². The summed E-state index contributed by atoms with van der Waals surface area (Å²) >= 11 is 4.21. The molecular weight excluding hydrogens is 295 g/mol. The molecular formula is C9H13IN2S. The highest BCUT2D eigenvalue weighted by Crippen LogP contribution is 2.51. The second-order valence-electron chi connectivity index (χ2n) is 3.66. The van der Waals surface area contributed by atoms with Gasteiger partial charge < -0.3 is 4.98 Å². The molecule has 1 aliphatic carbocycles. The van der Waals surface area contributed by atoms with Gasteiger partial charge in [0, 0.05) is 0 Å². The predicted molar refractivity (Wildman–Crippen MR) is 64.5 cm³/mol. The molecule has 1 atom stereocenters. The maximum atomic E-state index is 4.31. The van der Waals surface area contributed by atoms with Crippen LogP contribution in [0.1, 0.15) is 25.5 Å². The Bertz CT molecular complexity index is 304. The third-order valence-corrected chi connectivity index (χ3v) is 4.67. The fraction of sp³-hybridized carbons (Fsp3) is 0.667. The molecule has 1 aliphatic rings. The molecule has 1 fully saturated rings. The molecule has 1 saturated carbocycles. The van der Waals surface area contributed by atoms with Crippen LogP contribution in [0.3, 0.4) is 0 Å². The molecule has 1 heterocycles. The smallest absolute Gasteiger partial charge is 0.165 e. The van der Waals surface area contributed by atoms with Crippen molar-refractivity contribution in [2.45, 2.75) is 28.3 Å². The lowest BCUT2D eigenvalue weighted by Crippen LogP contribution is -2.15. The van der Waals surface area contributed by atoms with Gasteiger partial charge in [-0.25, -0.2) is 4.98 Å². The van der Waals surface area contributed by atoms with Gasteiger partial charge in [0.2, 0.25) is 0 Å². The predicted octanol–water partition coefficient (Wildman–Crippen LogP) is 3.19. The molecule has 1 aromatic heterocycles. The molecule has 1 aromatic rings. The zero-order valence-corrected chi connectivity index (χ0v) is 10.8. The molecule has 4 heteroatoms. The van der Waals surface area contributed by atoms with Crippen molar-refractivity contribution in [2.75, 3.05) is 6.26 Å². The highest BCUT2D eigenvalue weighted by Gasteiger charge is 2.41. The van der Waals surface area contributed by atoms with Crippen LogP contribution in [0, 0.1) is 5.92 Å². The first kappa shape index (κ1) is 9.83. The van der Waals surface area contributed by atoms with Gasteiger partial charge in [-0.15, -0.1) is 0 Å². The second kappa shape index (κ2) is 3.46. The van der Waals surface area contributed by atoms with Gasteiger partial charge in [-0.05, 0) is 31.9 Å². The van der Waals surface area contributed by atoms with Gasteiger partial charge in [-0.3, -0.25) is 0 Å². The SMILES string of the molecule is CSc1ncc(C(C)(I)C2CC2)[nH]1. The first-order valence-corrected chi connectivity index (χ1v) is 6.73. The summed E-state index contributed by atoms with van der Waals surface area (Å²) in [4.78, 5) is 7.68. The average Bonchev–Trinajstić information content (AvgIpc) is 2.84. The number of thioether (sulfide) groups is 1. The number of imidazole rings is 1. The standard InChI is InChI=1S/C9H13IN2S/c1-9(10,6-3-4-6)7-5-11-8(12-7)13-2/h5-6H,3-4H2,1-2H3,(H,11,12). The number of hydrogen-bond donors (Lipinski definition) is 1. The number of nitrogens with zero attached hydrogens (tertiary/aromatic N) is 1. The van der Waals surface area contributed by atoms with Gasteiger partial charge in [-0.2, -0.15) is 0 Å². The molecule has 72 valence electrons. The Kier molecular flexibility index (Phi) is 2.61. The number of alkyl halides is 1. The summed E-state index contributed by atoms with van der Waals surface area (Å²) in [5.41, 5.74) is 1.28. The van der Waals surface area contributed by atoms with Crippen LogP contribution in [0.5, 0.6) is 0 Å². The van der Waals surface area contributed by atoms with E-state index < -0.39 is 0 Å². The van der Waals surface area contributed by atoms with E-state index in [1.165, 1.54) is 18.5 Å². The summed E-state index contributed by atoms with van der Waals surface area (Å²) in [5, 5.41) is 1.03. The quantitative estimate of drug-likeness (QED) is 0.528. The summed E-state index contributed by atoms with van der Waals surface area (Å²) in [6.45, 7) is 2.29. The van der Waals surface area contributed by atoms with Crippen molar-refractivity contribution >= 4 is 34.4 Å². The van der Waals surface area contributed by atoms with Gasteiger partial charge in [0.25, 0.3) is 0 Å². The van der Waals surface area contributed by atoms with E-state index in [1.54, 1.807) is 11.8 Å². The van der Waals surface area contributed by atoms with Crippen LogP contribution in [0.15, 0.2) is 11.4 Å². The molecule has 0 amide bonds. The van der Waals surface area contributed by atoms with E-state index in [9.17, 15) is 0 Å². The van der Waals surface area contributed by atoms with E-state index >= 15 is 0 Å². The number of H-pyrrole nitrogens is 1. The molecule has 0 radical (unpaired) electrons. The molecule has 1 N–H and O–H groups in total. The number of aromatic nitrogens is 2. The molecule has 0 saturated heterocycles. The Morgan fingerprint density at radius 3 is 2.85 bits per heavy atom. The van der Waals surface area contributed by atoms with Gasteiger partial charge in [-0.1, -0.05) is 34.4 Å². The van der Waals surface area contributed by atoms with Crippen LogP contribution in [-0.4, -0.2) is 16.2 Å². The summed E-state index contributed by atoms with van der Waals surface area (Å²) in [6, 6.07) is 0. The number of nitrogens with one attached hydrogen (secondary N) is 1. The fourth-order valence-corrected chi connectivity index (χ4v) is 2.77. The van der Waals surface area contributed by atoms with Crippen molar-refractivity contribution in [3.8, 4) is 0 Å². The van der Waals surface area contributed by atoms with E-state index in [0.717, 1.165) is 11.1 Å². The lowest BCUT2D eigenvalue weighted by Gasteiger charge is -2.19. The van der Waals surface area contributed by atoms with E-state index in [1.807, 2.05) is 12.5 Å². The highest BCUT2D eigenvalue weighted by molar-refractivity contribution is 14.1. The Labute approximate surface area is 96.4 Å². The monoisotopic (exact) mass is 308 g/mol. The maximum Gasteiger partial charge on any atom is 0.165 e. The van der Waals surface area contributed by atoms with Crippen LogP contribution in [0.2, 0.25) is 0 Å². The van der Waals surface area contributed by atoms with Gasteiger partial charge in [0.05, 0.1) is 15.3 Å². The fourth-order valence-electron chi connectivity index (χ4n) is 1.50. The van der Waals surface area contributed by atoms with E-state index in [0.29, 0.717) is 0 Å². The number of halogens is 1. The van der Waals surface area contributed by atoms with Crippen LogP contribution < -0.4 is 0 Å². The number of hydrogen-bond acceptors (Lipinski definition) is 2. The third kappa shape index (κ3) is 1.88. The normalized spacial score (nSPS) is 21.5. The topological polar surface area (TPSA) is 28.7 Å². The summed E-state index contributed by atoms with van der Waals surface area (Å²) < 4.78 is 0.263. The molecule has 0 spiro atoms. The molecule has 2 rings (SSSR count). The van der Waals surface area contributed by atoms with E-state index in [-0.39, 0.29) is 3.42 Å². The largest absolute Gasteiger partial charge is 0.336 e. The highest BCUT2D eigenvalue weighted by atomic mass is 127. The summed E-state index contributed by atoms with van der Waals surface area (Å²) in [5.74, 6) is 0.850. The van der Waals surface area contributed by atoms with E-state index in [2.05, 4.69) is 39.5 Å². The van der Waals surface area contributed by atoms with Crippen LogP contribution >= 0.6 is 34.4 Å². The van der Waals surface area contributed by atoms with Crippen LogP contribution in [0.25, 0.3) is 0 Å². The van der Waals surface area contributed by atoms with Gasteiger partial charge in [0.15, 0.2) is 5.16 Å². The Hall–Kier alpha value is 0.290. The van der Waals surface area contributed by atoms with Crippen LogP contribution in [0.4, 0.5) is 0 Å². The zero-order valence-electron chi connectivity index (χ0n) is 7.80. The minimum Gasteiger partial charge on any atom is -0.336 e. The molecule has 0 bridgehead atoms. The lowest BCUT2D eigenvalue weighted by atomic mass is 10.0. The minimum absolute atomic E-state index is 0.263. The maximum absolute atomic E-state index is 4.31. The van der Waals surface area contributed by atoms with Crippen molar-refractivity contribution in [1.82, 2.24) is 9.97 Å². The molecule has 0 aromatic carbocycles. The lowest BCUT2D eigenvalue weighted by molar-refractivity contribution is 0.614. The summed E-state index contributed by atoms with van der Waals surface area (Å²) in [7, 11) is 0. The molecule has 2 nitrogen and oxygen atoms in total. The summed E-state index contributed by atoms with van der Waals surface area (Å²) in [6.07, 6.45) is 6.76. The minimum atomic E-state index is 0.263. The average molecular weight is 308 g/mol. The first-order valence-electron chi connectivity index (χ1n) is 4.43. The molecule has 0 aliphatic heterocycles.